The predicted molar refractivity (Wildman–Crippen MR) is 90.0 cm³/mol. The largest absolute Gasteiger partial charge is 0.314 e. The van der Waals surface area contributed by atoms with E-state index in [0.717, 1.165) is 44.2 Å². The fraction of sp³-hybridized carbons (Fsp3) is 0.471. The Hall–Kier alpha value is -1.36. The summed E-state index contributed by atoms with van der Waals surface area (Å²) in [7, 11) is 0. The van der Waals surface area contributed by atoms with Gasteiger partial charge in [0.05, 0.1) is 6.20 Å². The van der Waals surface area contributed by atoms with Crippen LogP contribution in [0, 0.1) is 0 Å². The van der Waals surface area contributed by atoms with Gasteiger partial charge in [-0.25, -0.2) is 0 Å². The number of rotatable bonds is 5. The molecule has 0 aliphatic carbocycles. The van der Waals surface area contributed by atoms with Gasteiger partial charge in [0.25, 0.3) is 0 Å². The lowest BCUT2D eigenvalue weighted by molar-refractivity contribution is 0.153. The van der Waals surface area contributed by atoms with Crippen LogP contribution in [-0.4, -0.2) is 34.3 Å². The molecule has 5 heteroatoms. The summed E-state index contributed by atoms with van der Waals surface area (Å²) >= 11 is 6.16. The quantitative estimate of drug-likeness (QED) is 0.919. The zero-order chi connectivity index (χ0) is 15.4. The van der Waals surface area contributed by atoms with Crippen LogP contribution in [0.2, 0.25) is 5.02 Å². The minimum Gasteiger partial charge on any atom is -0.314 e. The summed E-state index contributed by atoms with van der Waals surface area (Å²) < 4.78 is 2.03. The van der Waals surface area contributed by atoms with E-state index in [4.69, 9.17) is 11.6 Å². The maximum atomic E-state index is 6.16. The third kappa shape index (κ3) is 3.69. The number of piperazine rings is 1. The van der Waals surface area contributed by atoms with Gasteiger partial charge in [0.15, 0.2) is 0 Å². The van der Waals surface area contributed by atoms with Crippen LogP contribution in [0.25, 0.3) is 0 Å². The molecule has 1 fully saturated rings. The van der Waals surface area contributed by atoms with Crippen LogP contribution in [-0.2, 0) is 13.1 Å². The first-order valence-electron chi connectivity index (χ1n) is 7.98. The first-order chi connectivity index (χ1) is 10.8. The second-order valence-electron chi connectivity index (χ2n) is 5.86. The van der Waals surface area contributed by atoms with Crippen LogP contribution in [0.3, 0.4) is 0 Å². The van der Waals surface area contributed by atoms with Gasteiger partial charge in [-0.1, -0.05) is 30.7 Å². The molecule has 3 rings (SSSR count). The molecule has 0 amide bonds. The van der Waals surface area contributed by atoms with Crippen molar-refractivity contribution < 1.29 is 0 Å². The molecule has 0 spiro atoms. The third-order valence-electron chi connectivity index (χ3n) is 4.11. The Morgan fingerprint density at radius 2 is 2.32 bits per heavy atom. The Morgan fingerprint density at radius 1 is 1.41 bits per heavy atom. The van der Waals surface area contributed by atoms with Crippen molar-refractivity contribution in [2.75, 3.05) is 19.6 Å². The zero-order valence-electron chi connectivity index (χ0n) is 13.0. The molecule has 1 atom stereocenters. The highest BCUT2D eigenvalue weighted by molar-refractivity contribution is 6.30. The lowest BCUT2D eigenvalue weighted by Crippen LogP contribution is -2.45. The highest BCUT2D eigenvalue weighted by Gasteiger charge is 2.24. The molecule has 118 valence electrons. The van der Waals surface area contributed by atoms with Crippen molar-refractivity contribution in [1.29, 1.82) is 0 Å². The average molecular weight is 319 g/mol. The van der Waals surface area contributed by atoms with E-state index in [-0.39, 0.29) is 0 Å². The molecule has 1 N–H and O–H groups in total. The SMILES string of the molecule is CCCn1cc(CN2CCNCC2c2cccc(Cl)c2)cn1. The van der Waals surface area contributed by atoms with E-state index >= 15 is 0 Å². The van der Waals surface area contributed by atoms with Gasteiger partial charge in [-0.15, -0.1) is 0 Å². The summed E-state index contributed by atoms with van der Waals surface area (Å²) in [4.78, 5) is 2.51. The summed E-state index contributed by atoms with van der Waals surface area (Å²) in [5.41, 5.74) is 2.56. The van der Waals surface area contributed by atoms with E-state index in [1.165, 1.54) is 11.1 Å². The number of nitrogens with one attached hydrogen (secondary N) is 1. The van der Waals surface area contributed by atoms with Crippen molar-refractivity contribution in [3.63, 3.8) is 0 Å². The Kier molecular flexibility index (Phi) is 5.13. The molecule has 22 heavy (non-hydrogen) atoms. The van der Waals surface area contributed by atoms with Crippen molar-refractivity contribution >= 4 is 11.6 Å². The van der Waals surface area contributed by atoms with E-state index in [2.05, 4.69) is 40.6 Å². The number of halogens is 1. The van der Waals surface area contributed by atoms with E-state index < -0.39 is 0 Å². The Balaban J connectivity index is 1.74. The van der Waals surface area contributed by atoms with E-state index in [1.54, 1.807) is 0 Å². The van der Waals surface area contributed by atoms with Crippen molar-refractivity contribution in [2.45, 2.75) is 32.5 Å². The topological polar surface area (TPSA) is 33.1 Å². The summed E-state index contributed by atoms with van der Waals surface area (Å²) in [5, 5.41) is 8.73. The molecule has 0 bridgehead atoms. The molecule has 4 nitrogen and oxygen atoms in total. The van der Waals surface area contributed by atoms with Crippen molar-refractivity contribution in [2.24, 2.45) is 0 Å². The van der Waals surface area contributed by atoms with Crippen LogP contribution < -0.4 is 5.32 Å². The molecule has 1 saturated heterocycles. The number of aryl methyl sites for hydroxylation is 1. The Morgan fingerprint density at radius 3 is 3.14 bits per heavy atom. The van der Waals surface area contributed by atoms with Gasteiger partial charge in [0.1, 0.15) is 0 Å². The Labute approximate surface area is 137 Å². The van der Waals surface area contributed by atoms with Crippen LogP contribution in [0.15, 0.2) is 36.7 Å². The number of hydrogen-bond donors (Lipinski definition) is 1. The standard InChI is InChI=1S/C17H23ClN4/c1-2-7-22-13-14(10-20-22)12-21-8-6-19-11-17(21)15-4-3-5-16(18)9-15/h3-5,9-10,13,17,19H,2,6-8,11-12H2,1H3. The predicted octanol–water partition coefficient (Wildman–Crippen LogP) is 3.09. The molecule has 1 aromatic heterocycles. The maximum absolute atomic E-state index is 6.16. The van der Waals surface area contributed by atoms with Crippen LogP contribution in [0.4, 0.5) is 0 Å². The maximum Gasteiger partial charge on any atom is 0.0534 e. The second-order valence-corrected chi connectivity index (χ2v) is 6.29. The fourth-order valence-electron chi connectivity index (χ4n) is 3.05. The highest BCUT2D eigenvalue weighted by atomic mass is 35.5. The van der Waals surface area contributed by atoms with Gasteiger partial charge >= 0.3 is 0 Å². The minimum atomic E-state index is 0.363. The lowest BCUT2D eigenvalue weighted by atomic mass is 10.0. The number of aromatic nitrogens is 2. The normalized spacial score (nSPS) is 19.5. The zero-order valence-corrected chi connectivity index (χ0v) is 13.8. The molecule has 0 radical (unpaired) electrons. The smallest absolute Gasteiger partial charge is 0.0534 e. The number of nitrogens with zero attached hydrogens (tertiary/aromatic N) is 3. The fourth-order valence-corrected chi connectivity index (χ4v) is 3.25. The molecule has 0 saturated carbocycles. The molecular formula is C17H23ClN4. The van der Waals surface area contributed by atoms with E-state index in [1.807, 2.05) is 23.0 Å². The van der Waals surface area contributed by atoms with Gasteiger partial charge in [-0.3, -0.25) is 9.58 Å². The molecule has 1 aliphatic heterocycles. The van der Waals surface area contributed by atoms with Gasteiger partial charge in [-0.05, 0) is 24.1 Å². The highest BCUT2D eigenvalue weighted by Crippen LogP contribution is 2.26. The second kappa shape index (κ2) is 7.27. The van der Waals surface area contributed by atoms with Crippen LogP contribution in [0.5, 0.6) is 0 Å². The molecule has 1 aliphatic rings. The van der Waals surface area contributed by atoms with Crippen molar-refractivity contribution in [3.05, 3.63) is 52.8 Å². The Bertz CT molecular complexity index is 610. The summed E-state index contributed by atoms with van der Waals surface area (Å²) in [5.74, 6) is 0. The van der Waals surface area contributed by atoms with Crippen LogP contribution >= 0.6 is 11.6 Å². The summed E-state index contributed by atoms with van der Waals surface area (Å²) in [6.45, 7) is 7.12. The van der Waals surface area contributed by atoms with E-state index in [0.29, 0.717) is 6.04 Å². The summed E-state index contributed by atoms with van der Waals surface area (Å²) in [6, 6.07) is 8.57. The van der Waals surface area contributed by atoms with Gasteiger partial charge in [0.2, 0.25) is 0 Å². The number of benzene rings is 1. The lowest BCUT2D eigenvalue weighted by Gasteiger charge is -2.36. The molecule has 2 heterocycles. The number of hydrogen-bond acceptors (Lipinski definition) is 3. The van der Waals surface area contributed by atoms with Gasteiger partial charge in [0, 0.05) is 55.5 Å². The monoisotopic (exact) mass is 318 g/mol. The minimum absolute atomic E-state index is 0.363. The summed E-state index contributed by atoms with van der Waals surface area (Å²) in [6.07, 6.45) is 5.27. The van der Waals surface area contributed by atoms with Gasteiger partial charge < -0.3 is 5.32 Å². The third-order valence-corrected chi connectivity index (χ3v) is 4.35. The van der Waals surface area contributed by atoms with Crippen LogP contribution in [0.1, 0.15) is 30.5 Å². The van der Waals surface area contributed by atoms with Gasteiger partial charge in [-0.2, -0.15) is 5.10 Å². The molecule has 1 unspecified atom stereocenters. The van der Waals surface area contributed by atoms with Crippen molar-refractivity contribution in [1.82, 2.24) is 20.0 Å². The average Bonchev–Trinajstić information content (AvgIpc) is 2.95. The molecule has 1 aromatic carbocycles. The molecular weight excluding hydrogens is 296 g/mol. The van der Waals surface area contributed by atoms with Crippen molar-refractivity contribution in [3.8, 4) is 0 Å². The van der Waals surface area contributed by atoms with E-state index in [9.17, 15) is 0 Å². The molecule has 2 aromatic rings. The first-order valence-corrected chi connectivity index (χ1v) is 8.35. The first kappa shape index (κ1) is 15.5.